The van der Waals surface area contributed by atoms with Crippen molar-refractivity contribution in [1.82, 2.24) is 4.72 Å². The van der Waals surface area contributed by atoms with Crippen molar-refractivity contribution in [1.29, 1.82) is 0 Å². The van der Waals surface area contributed by atoms with E-state index in [-0.39, 0.29) is 12.2 Å². The van der Waals surface area contributed by atoms with Gasteiger partial charge in [-0.2, -0.15) is 8.42 Å². The molecular formula is C4H7NO5S. The summed E-state index contributed by atoms with van der Waals surface area (Å²) in [4.78, 5) is 20.1. The summed E-state index contributed by atoms with van der Waals surface area (Å²) >= 11 is 0. The lowest BCUT2D eigenvalue weighted by Gasteiger charge is -1.99. The number of carbonyl (C=O) groups is 2. The van der Waals surface area contributed by atoms with Crippen LogP contribution in [0.2, 0.25) is 0 Å². The van der Waals surface area contributed by atoms with Crippen LogP contribution in [-0.4, -0.2) is 26.7 Å². The summed E-state index contributed by atoms with van der Waals surface area (Å²) in [6.07, 6.45) is -1.15. The van der Waals surface area contributed by atoms with Crippen LogP contribution in [0.3, 0.4) is 0 Å². The fourth-order valence-electron chi connectivity index (χ4n) is 0.301. The maximum atomic E-state index is 10.3. The summed E-state index contributed by atoms with van der Waals surface area (Å²) in [6.45, 7) is 1.55. The Labute approximate surface area is 63.6 Å². The molecule has 0 radical (unpaired) electrons. The second-order valence-corrected chi connectivity index (χ2v) is 2.95. The van der Waals surface area contributed by atoms with Crippen LogP contribution in [0.1, 0.15) is 6.92 Å². The number of carbonyl (C=O) groups excluding carboxylic acids is 2. The Hall–Kier alpha value is -1.11. The highest BCUT2D eigenvalue weighted by Crippen LogP contribution is 1.80. The molecule has 1 N–H and O–H groups in total. The van der Waals surface area contributed by atoms with Gasteiger partial charge in [-0.3, -0.25) is 4.79 Å². The molecule has 0 bridgehead atoms. The zero-order valence-corrected chi connectivity index (χ0v) is 6.55. The van der Waals surface area contributed by atoms with Gasteiger partial charge < -0.3 is 4.74 Å². The molecule has 0 heterocycles. The predicted octanol–water partition coefficient (Wildman–Crippen LogP) is -0.748. The molecule has 0 aliphatic carbocycles. The van der Waals surface area contributed by atoms with Gasteiger partial charge in [0, 0.05) is 0 Å². The zero-order chi connectivity index (χ0) is 8.91. The summed E-state index contributed by atoms with van der Waals surface area (Å²) in [5.74, 6) is 0. The molecule has 6 nitrogen and oxygen atoms in total. The third kappa shape index (κ3) is 4.31. The van der Waals surface area contributed by atoms with Gasteiger partial charge in [-0.15, -0.1) is 0 Å². The van der Waals surface area contributed by atoms with Crippen molar-refractivity contribution >= 4 is 21.7 Å². The van der Waals surface area contributed by atoms with E-state index < -0.39 is 16.1 Å². The number of hydrogen-bond donors (Lipinski definition) is 1. The van der Waals surface area contributed by atoms with Gasteiger partial charge in [-0.1, -0.05) is 0 Å². The van der Waals surface area contributed by atoms with Gasteiger partial charge in [0.15, 0.2) is 0 Å². The van der Waals surface area contributed by atoms with Crippen molar-refractivity contribution in [3.8, 4) is 0 Å². The SMILES string of the molecule is CCOC(=O)NS(=O)(=O)C=O. The summed E-state index contributed by atoms with van der Waals surface area (Å²) in [6, 6.07) is 0. The smallest absolute Gasteiger partial charge is 0.421 e. The maximum absolute atomic E-state index is 10.3. The topological polar surface area (TPSA) is 89.5 Å². The Morgan fingerprint density at radius 2 is 2.18 bits per heavy atom. The van der Waals surface area contributed by atoms with Crippen LogP contribution in [-0.2, 0) is 19.6 Å². The first-order chi connectivity index (χ1) is 5.02. The minimum absolute atomic E-state index is 0.0419. The summed E-state index contributed by atoms with van der Waals surface area (Å²) in [7, 11) is -4.15. The molecule has 0 atom stereocenters. The Balaban J connectivity index is 4.05. The van der Waals surface area contributed by atoms with E-state index in [1.807, 2.05) is 0 Å². The molecule has 0 aliphatic heterocycles. The van der Waals surface area contributed by atoms with E-state index in [2.05, 4.69) is 4.74 Å². The van der Waals surface area contributed by atoms with Crippen LogP contribution in [0.25, 0.3) is 0 Å². The molecule has 0 spiro atoms. The van der Waals surface area contributed by atoms with E-state index in [1.54, 1.807) is 0 Å². The van der Waals surface area contributed by atoms with Crippen LogP contribution in [0, 0.1) is 0 Å². The van der Waals surface area contributed by atoms with Crippen LogP contribution in [0.4, 0.5) is 4.79 Å². The Morgan fingerprint density at radius 1 is 1.64 bits per heavy atom. The van der Waals surface area contributed by atoms with Crippen LogP contribution < -0.4 is 4.72 Å². The molecule has 11 heavy (non-hydrogen) atoms. The van der Waals surface area contributed by atoms with E-state index in [0.717, 1.165) is 0 Å². The number of ether oxygens (including phenoxy) is 1. The number of amides is 1. The predicted molar refractivity (Wildman–Crippen MR) is 35.8 cm³/mol. The minimum Gasteiger partial charge on any atom is -0.449 e. The van der Waals surface area contributed by atoms with Crippen molar-refractivity contribution in [2.75, 3.05) is 6.61 Å². The summed E-state index contributed by atoms with van der Waals surface area (Å²) < 4.78 is 26.2. The normalized spacial score (nSPS) is 10.3. The molecular weight excluding hydrogens is 174 g/mol. The Bertz CT molecular complexity index is 243. The fourth-order valence-corrected chi connectivity index (χ4v) is 0.640. The second kappa shape index (κ2) is 3.91. The zero-order valence-electron chi connectivity index (χ0n) is 5.73. The van der Waals surface area contributed by atoms with Crippen molar-refractivity contribution < 1.29 is 22.7 Å². The first-order valence-corrected chi connectivity index (χ1v) is 4.21. The molecule has 0 aromatic rings. The van der Waals surface area contributed by atoms with E-state index >= 15 is 0 Å². The fraction of sp³-hybridized carbons (Fsp3) is 0.500. The quantitative estimate of drug-likeness (QED) is 0.579. The average molecular weight is 181 g/mol. The third-order valence-electron chi connectivity index (χ3n) is 0.628. The number of sulfonamides is 1. The lowest BCUT2D eigenvalue weighted by molar-refractivity contribution is 0.159. The van der Waals surface area contributed by atoms with Gasteiger partial charge in [-0.25, -0.2) is 9.52 Å². The van der Waals surface area contributed by atoms with Gasteiger partial charge in [0.1, 0.15) is 0 Å². The molecule has 0 aromatic carbocycles. The van der Waals surface area contributed by atoms with E-state index in [0.29, 0.717) is 0 Å². The highest BCUT2D eigenvalue weighted by atomic mass is 32.2. The molecule has 0 saturated carbocycles. The monoisotopic (exact) mass is 181 g/mol. The van der Waals surface area contributed by atoms with E-state index in [4.69, 9.17) is 0 Å². The lowest BCUT2D eigenvalue weighted by atomic mass is 10.9. The van der Waals surface area contributed by atoms with Crippen molar-refractivity contribution in [3.05, 3.63) is 0 Å². The molecule has 1 amide bonds. The molecule has 0 unspecified atom stereocenters. The average Bonchev–Trinajstić information content (AvgIpc) is 1.87. The molecule has 0 aliphatic rings. The molecule has 7 heteroatoms. The van der Waals surface area contributed by atoms with Crippen molar-refractivity contribution in [2.45, 2.75) is 6.92 Å². The second-order valence-electron chi connectivity index (χ2n) is 1.46. The van der Waals surface area contributed by atoms with Crippen LogP contribution in [0.15, 0.2) is 0 Å². The lowest BCUT2D eigenvalue weighted by Crippen LogP contribution is -2.31. The summed E-state index contributed by atoms with van der Waals surface area (Å²) in [5.41, 5.74) is -0.371. The van der Waals surface area contributed by atoms with Gasteiger partial charge in [-0.05, 0) is 6.92 Å². The Morgan fingerprint density at radius 3 is 2.55 bits per heavy atom. The van der Waals surface area contributed by atoms with Gasteiger partial charge in [0.05, 0.1) is 6.61 Å². The number of rotatable bonds is 3. The van der Waals surface area contributed by atoms with Crippen LogP contribution >= 0.6 is 0 Å². The van der Waals surface area contributed by atoms with Crippen LogP contribution in [0.5, 0.6) is 0 Å². The van der Waals surface area contributed by atoms with Gasteiger partial charge in [0.25, 0.3) is 15.6 Å². The first kappa shape index (κ1) is 9.89. The molecule has 64 valence electrons. The highest BCUT2D eigenvalue weighted by molar-refractivity contribution is 8.02. The van der Waals surface area contributed by atoms with E-state index in [1.165, 1.54) is 11.6 Å². The molecule has 0 aromatic heterocycles. The molecule has 0 fully saturated rings. The van der Waals surface area contributed by atoms with Gasteiger partial charge in [0.2, 0.25) is 0 Å². The Kier molecular flexibility index (Phi) is 3.52. The first-order valence-electron chi connectivity index (χ1n) is 2.66. The van der Waals surface area contributed by atoms with E-state index in [9.17, 15) is 18.0 Å². The largest absolute Gasteiger partial charge is 0.449 e. The van der Waals surface area contributed by atoms with Gasteiger partial charge >= 0.3 is 6.09 Å². The standard InChI is InChI=1S/C4H7NO5S/c1-2-10-4(7)5-11(8,9)3-6/h3H,2H2,1H3,(H,5,7). The summed E-state index contributed by atoms with van der Waals surface area (Å²) in [5, 5.41) is 0. The maximum Gasteiger partial charge on any atom is 0.421 e. The highest BCUT2D eigenvalue weighted by Gasteiger charge is 2.12. The number of hydrogen-bond acceptors (Lipinski definition) is 5. The minimum atomic E-state index is -4.15. The molecule has 0 rings (SSSR count). The van der Waals surface area contributed by atoms with Crippen molar-refractivity contribution in [3.63, 3.8) is 0 Å². The number of nitrogens with one attached hydrogen (secondary N) is 1. The molecule has 0 saturated heterocycles. The third-order valence-corrected chi connectivity index (χ3v) is 1.33. The van der Waals surface area contributed by atoms with Crippen molar-refractivity contribution in [2.24, 2.45) is 0 Å².